The van der Waals surface area contributed by atoms with Gasteiger partial charge in [-0.05, 0) is 93.0 Å². The molecule has 17 nitrogen and oxygen atoms in total. The lowest BCUT2D eigenvalue weighted by molar-refractivity contribution is -0.301. The minimum absolute atomic E-state index is 0.111. The van der Waals surface area contributed by atoms with E-state index in [1.54, 1.807) is 63.4 Å². The standard InChI is InChI=1S/C44H67FN6O11/c1-12-34-44(8)36(51(41(56)62-44)19-14-13-18-50-23-32(47-25-50)30-16-15-17-46-22-30)28(4)48-26(2)21-42(6,57-11)38(27(3)37(54)43(7,45)40(55)60-34)61-39-35(53)33(49(9)10)20-31(59-39)24-58-29(5)52/h15-17,22-23,25-28,31,33-36,38-39,48,53H,12-14,18-21,24H2,1-11H3/t26-,27+,28-,31+,33+,34-,35-,36-,38-,39+,42+,43+,44-/m1/s1. The van der Waals surface area contributed by atoms with Crippen LogP contribution in [0.3, 0.4) is 0 Å². The third kappa shape index (κ3) is 10.6. The first kappa shape index (κ1) is 49.0. The van der Waals surface area contributed by atoms with E-state index in [-0.39, 0.29) is 25.5 Å². The summed E-state index contributed by atoms with van der Waals surface area (Å²) in [7, 11) is 5.00. The number of carbonyl (C=O) groups is 4. The number of nitrogens with one attached hydrogen (secondary N) is 1. The van der Waals surface area contributed by atoms with Gasteiger partial charge in [0.1, 0.15) is 18.8 Å². The zero-order valence-corrected chi connectivity index (χ0v) is 38.0. The lowest BCUT2D eigenvalue weighted by Crippen LogP contribution is -2.64. The molecule has 13 atom stereocenters. The summed E-state index contributed by atoms with van der Waals surface area (Å²) < 4.78 is 55.2. The van der Waals surface area contributed by atoms with Crippen LogP contribution < -0.4 is 5.32 Å². The van der Waals surface area contributed by atoms with Gasteiger partial charge in [0.05, 0.1) is 35.9 Å². The van der Waals surface area contributed by atoms with Crippen molar-refractivity contribution in [3.8, 4) is 11.3 Å². The molecule has 2 N–H and O–H groups in total. The number of methoxy groups -OCH3 is 1. The summed E-state index contributed by atoms with van der Waals surface area (Å²) in [5.41, 5.74) is -4.29. The highest BCUT2D eigenvalue weighted by Crippen LogP contribution is 2.41. The van der Waals surface area contributed by atoms with E-state index in [2.05, 4.69) is 15.3 Å². The van der Waals surface area contributed by atoms with Gasteiger partial charge in [0, 0.05) is 75.3 Å². The number of aliphatic hydroxyl groups is 1. The largest absolute Gasteiger partial charge is 0.463 e. The highest BCUT2D eigenvalue weighted by Gasteiger charge is 2.60. The number of aliphatic hydroxyl groups excluding tert-OH is 1. The van der Waals surface area contributed by atoms with Gasteiger partial charge in [-0.2, -0.15) is 0 Å². The number of nitrogens with zero attached hydrogens (tertiary/aromatic N) is 5. The van der Waals surface area contributed by atoms with Gasteiger partial charge in [-0.3, -0.25) is 19.5 Å². The average molecular weight is 875 g/mol. The summed E-state index contributed by atoms with van der Waals surface area (Å²) in [6.45, 7) is 13.4. The van der Waals surface area contributed by atoms with Gasteiger partial charge in [0.2, 0.25) is 0 Å². The molecule has 2 aromatic heterocycles. The molecule has 2 aromatic rings. The Hall–Kier alpha value is -4.07. The van der Waals surface area contributed by atoms with E-state index in [4.69, 9.17) is 28.4 Å². The van der Waals surface area contributed by atoms with E-state index in [0.29, 0.717) is 32.4 Å². The molecule has 1 amide bonds. The number of alkyl halides is 1. The number of Topliss-reactive ketones (excluding diaryl/α,β-unsaturated/α-hetero) is 1. The minimum Gasteiger partial charge on any atom is -0.463 e. The highest BCUT2D eigenvalue weighted by molar-refractivity contribution is 6.07. The number of halogens is 1. The van der Waals surface area contributed by atoms with Crippen molar-refractivity contribution in [2.45, 2.75) is 166 Å². The van der Waals surface area contributed by atoms with E-state index in [0.717, 1.165) is 18.2 Å². The maximum absolute atomic E-state index is 17.0. The van der Waals surface area contributed by atoms with Crippen LogP contribution in [0, 0.1) is 5.92 Å². The molecular weight excluding hydrogens is 808 g/mol. The molecule has 18 heteroatoms. The second kappa shape index (κ2) is 20.2. The van der Waals surface area contributed by atoms with Gasteiger partial charge in [-0.25, -0.2) is 19.0 Å². The van der Waals surface area contributed by atoms with E-state index < -0.39 is 95.4 Å². The Labute approximate surface area is 364 Å². The number of carbonyl (C=O) groups excluding carboxylic acids is 4. The highest BCUT2D eigenvalue weighted by atomic mass is 19.1. The van der Waals surface area contributed by atoms with Gasteiger partial charge in [-0.1, -0.05) is 13.8 Å². The van der Waals surface area contributed by atoms with Gasteiger partial charge in [-0.15, -0.1) is 0 Å². The molecule has 3 aliphatic rings. The molecular formula is C44H67FN6O11. The topological polar surface area (TPSA) is 193 Å². The third-order valence-corrected chi connectivity index (χ3v) is 12.8. The van der Waals surface area contributed by atoms with Crippen LogP contribution in [0.25, 0.3) is 11.3 Å². The molecule has 5 rings (SSSR count). The van der Waals surface area contributed by atoms with Crippen LogP contribution in [0.2, 0.25) is 0 Å². The van der Waals surface area contributed by atoms with Crippen molar-refractivity contribution < 1.29 is 57.1 Å². The number of ketones is 1. The number of ether oxygens (including phenoxy) is 6. The van der Waals surface area contributed by atoms with Gasteiger partial charge in [0.25, 0.3) is 5.67 Å². The van der Waals surface area contributed by atoms with Crippen molar-refractivity contribution in [2.75, 3.05) is 34.4 Å². The molecule has 3 fully saturated rings. The van der Waals surface area contributed by atoms with Crippen molar-refractivity contribution >= 4 is 23.8 Å². The van der Waals surface area contributed by atoms with Crippen molar-refractivity contribution in [2.24, 2.45) is 5.92 Å². The number of fused-ring (bicyclic) bond motifs is 1. The van der Waals surface area contributed by atoms with Crippen LogP contribution in [0.4, 0.5) is 9.18 Å². The number of amides is 1. The number of aryl methyl sites for hydroxylation is 1. The Morgan fingerprint density at radius 2 is 1.84 bits per heavy atom. The Kier molecular flexibility index (Phi) is 15.9. The average Bonchev–Trinajstić information content (AvgIpc) is 3.80. The number of esters is 2. The number of likely N-dealkylation sites (N-methyl/N-ethyl adjacent to an activating group) is 1. The number of cyclic esters (lactones) is 1. The predicted molar refractivity (Wildman–Crippen MR) is 224 cm³/mol. The van der Waals surface area contributed by atoms with Crippen LogP contribution in [0.15, 0.2) is 37.1 Å². The maximum Gasteiger partial charge on any atom is 0.410 e. The Morgan fingerprint density at radius 3 is 2.47 bits per heavy atom. The fraction of sp³-hybridized carbons (Fsp3) is 0.727. The van der Waals surface area contributed by atoms with Crippen LogP contribution in [-0.4, -0.2) is 159 Å². The Morgan fingerprint density at radius 1 is 1.13 bits per heavy atom. The SMILES string of the molecule is CC[C@H]1OC(=O)[C@@](C)(F)C(=O)[C@H](C)[C@@H](O[C@@H]2O[C@H](COC(C)=O)C[C@H](N(C)C)[C@H]2O)[C@@](C)(OC)C[C@@H](C)N[C@H](C)[C@H]2N(CCCCn3cnc(-c4cccnc4)c3)C(=O)O[C@]12C. The number of unbranched alkanes of at least 4 members (excludes halogenated alkanes) is 1. The van der Waals surface area contributed by atoms with Gasteiger partial charge in [0.15, 0.2) is 17.7 Å². The van der Waals surface area contributed by atoms with Crippen molar-refractivity contribution in [1.29, 1.82) is 0 Å². The molecule has 0 aliphatic carbocycles. The molecule has 0 saturated carbocycles. The van der Waals surface area contributed by atoms with Crippen molar-refractivity contribution in [3.63, 3.8) is 0 Å². The van der Waals surface area contributed by atoms with E-state index >= 15 is 4.39 Å². The van der Waals surface area contributed by atoms with Crippen LogP contribution >= 0.6 is 0 Å². The smallest absolute Gasteiger partial charge is 0.410 e. The Bertz CT molecular complexity index is 1850. The lowest BCUT2D eigenvalue weighted by atomic mass is 9.78. The Balaban J connectivity index is 1.43. The number of aromatic nitrogens is 3. The number of imidazole rings is 1. The van der Waals surface area contributed by atoms with E-state index in [1.807, 2.05) is 36.7 Å². The second-order valence-corrected chi connectivity index (χ2v) is 17.9. The molecule has 5 heterocycles. The zero-order valence-electron chi connectivity index (χ0n) is 38.0. The second-order valence-electron chi connectivity index (χ2n) is 17.9. The molecule has 0 radical (unpaired) electrons. The predicted octanol–water partition coefficient (Wildman–Crippen LogP) is 4.09. The summed E-state index contributed by atoms with van der Waals surface area (Å²) in [6, 6.07) is 1.73. The quantitative estimate of drug-likeness (QED) is 0.127. The summed E-state index contributed by atoms with van der Waals surface area (Å²) in [5, 5.41) is 15.2. The normalized spacial score (nSPS) is 36.2. The molecule has 62 heavy (non-hydrogen) atoms. The molecule has 0 aromatic carbocycles. The summed E-state index contributed by atoms with van der Waals surface area (Å²) in [5.74, 6) is -4.44. The zero-order chi connectivity index (χ0) is 45.7. The summed E-state index contributed by atoms with van der Waals surface area (Å²) >= 11 is 0. The first-order valence-electron chi connectivity index (χ1n) is 21.6. The summed E-state index contributed by atoms with van der Waals surface area (Å²) in [4.78, 5) is 66.0. The van der Waals surface area contributed by atoms with Gasteiger partial charge >= 0.3 is 18.0 Å². The van der Waals surface area contributed by atoms with Crippen LogP contribution in [-0.2, 0) is 49.3 Å². The van der Waals surface area contributed by atoms with Gasteiger partial charge < -0.3 is 48.3 Å². The molecule has 0 unspecified atom stereocenters. The fourth-order valence-corrected chi connectivity index (χ4v) is 9.54. The molecule has 0 spiro atoms. The monoisotopic (exact) mass is 874 g/mol. The number of hydrogen-bond donors (Lipinski definition) is 2. The number of rotatable bonds is 13. The number of hydrogen-bond acceptors (Lipinski definition) is 15. The fourth-order valence-electron chi connectivity index (χ4n) is 9.54. The van der Waals surface area contributed by atoms with E-state index in [9.17, 15) is 24.3 Å². The van der Waals surface area contributed by atoms with Crippen molar-refractivity contribution in [1.82, 2.24) is 29.7 Å². The third-order valence-electron chi connectivity index (χ3n) is 12.8. The molecule has 3 aliphatic heterocycles. The molecule has 3 saturated heterocycles. The molecule has 346 valence electrons. The molecule has 0 bridgehead atoms. The first-order valence-corrected chi connectivity index (χ1v) is 21.6. The van der Waals surface area contributed by atoms with Crippen LogP contribution in [0.5, 0.6) is 0 Å². The minimum atomic E-state index is -3.18. The lowest BCUT2D eigenvalue weighted by Gasteiger charge is -2.47. The first-order chi connectivity index (χ1) is 29.2. The van der Waals surface area contributed by atoms with Crippen molar-refractivity contribution in [3.05, 3.63) is 37.1 Å². The van der Waals surface area contributed by atoms with Crippen LogP contribution in [0.1, 0.15) is 87.5 Å². The van der Waals surface area contributed by atoms with E-state index in [1.165, 1.54) is 21.0 Å². The summed E-state index contributed by atoms with van der Waals surface area (Å²) in [6.07, 6.45) is 2.77. The number of pyridine rings is 1. The maximum atomic E-state index is 17.0.